The highest BCUT2D eigenvalue weighted by Crippen LogP contribution is 2.17. The van der Waals surface area contributed by atoms with Gasteiger partial charge in [-0.15, -0.1) is 12.4 Å². The number of nitrogens with zero attached hydrogens (tertiary/aromatic N) is 1. The summed E-state index contributed by atoms with van der Waals surface area (Å²) in [6.45, 7) is 2.47. The Morgan fingerprint density at radius 1 is 1.53 bits per heavy atom. The van der Waals surface area contributed by atoms with E-state index in [0.29, 0.717) is 19.8 Å². The number of ether oxygens (including phenoxy) is 1. The van der Waals surface area contributed by atoms with Crippen LogP contribution in [0.15, 0.2) is 28.7 Å². The van der Waals surface area contributed by atoms with Crippen molar-refractivity contribution in [3.8, 4) is 0 Å². The molecule has 0 spiro atoms. The molecule has 2 rings (SSSR count). The molecule has 0 saturated carbocycles. The lowest BCUT2D eigenvalue weighted by atomic mass is 10.2. The third-order valence-electron chi connectivity index (χ3n) is 2.96. The molecule has 1 aromatic rings. The van der Waals surface area contributed by atoms with Crippen LogP contribution in [0.5, 0.6) is 0 Å². The molecule has 4 nitrogen and oxygen atoms in total. The quantitative estimate of drug-likeness (QED) is 0.905. The summed E-state index contributed by atoms with van der Waals surface area (Å²) in [4.78, 5) is 13.9. The van der Waals surface area contributed by atoms with E-state index in [2.05, 4.69) is 21.2 Å². The Labute approximate surface area is 128 Å². The first-order chi connectivity index (χ1) is 8.68. The van der Waals surface area contributed by atoms with Gasteiger partial charge in [0, 0.05) is 24.6 Å². The molecule has 1 fully saturated rings. The van der Waals surface area contributed by atoms with Crippen molar-refractivity contribution in [2.45, 2.75) is 12.6 Å². The van der Waals surface area contributed by atoms with Crippen LogP contribution in [0, 0.1) is 0 Å². The molecule has 0 aromatic heterocycles. The van der Waals surface area contributed by atoms with Gasteiger partial charge in [0.1, 0.15) is 6.04 Å². The number of halogens is 2. The average molecular weight is 350 g/mol. The number of benzene rings is 1. The second-order valence-corrected chi connectivity index (χ2v) is 5.22. The van der Waals surface area contributed by atoms with Crippen molar-refractivity contribution < 1.29 is 9.53 Å². The first kappa shape index (κ1) is 16.4. The number of hydrogen-bond acceptors (Lipinski definition) is 3. The van der Waals surface area contributed by atoms with Crippen molar-refractivity contribution in [3.05, 3.63) is 34.3 Å². The molecule has 1 amide bonds. The predicted octanol–water partition coefficient (Wildman–Crippen LogP) is 1.82. The number of nitrogens with one attached hydrogen (secondary N) is 1. The van der Waals surface area contributed by atoms with E-state index in [1.807, 2.05) is 31.3 Å². The Balaban J connectivity index is 0.00000180. The lowest BCUT2D eigenvalue weighted by molar-refractivity contribution is -0.135. The molecule has 1 aliphatic heterocycles. The summed E-state index contributed by atoms with van der Waals surface area (Å²) < 4.78 is 6.33. The fourth-order valence-corrected chi connectivity index (χ4v) is 2.36. The number of amides is 1. The van der Waals surface area contributed by atoms with Crippen LogP contribution < -0.4 is 5.32 Å². The molecule has 1 N–H and O–H groups in total. The fraction of sp³-hybridized carbons (Fsp3) is 0.462. The van der Waals surface area contributed by atoms with E-state index in [0.717, 1.165) is 16.6 Å². The predicted molar refractivity (Wildman–Crippen MR) is 80.5 cm³/mol. The number of carbonyl (C=O) groups excluding carboxylic acids is 1. The second kappa shape index (κ2) is 7.85. The Morgan fingerprint density at radius 2 is 2.26 bits per heavy atom. The highest BCUT2D eigenvalue weighted by Gasteiger charge is 2.24. The van der Waals surface area contributed by atoms with Gasteiger partial charge >= 0.3 is 0 Å². The summed E-state index contributed by atoms with van der Waals surface area (Å²) in [6, 6.07) is 7.71. The van der Waals surface area contributed by atoms with Gasteiger partial charge in [-0.3, -0.25) is 4.79 Å². The monoisotopic (exact) mass is 348 g/mol. The van der Waals surface area contributed by atoms with Crippen molar-refractivity contribution in [3.63, 3.8) is 0 Å². The van der Waals surface area contributed by atoms with Crippen LogP contribution in [0.2, 0.25) is 0 Å². The van der Waals surface area contributed by atoms with Gasteiger partial charge in [0.15, 0.2) is 0 Å². The molecule has 1 saturated heterocycles. The van der Waals surface area contributed by atoms with Gasteiger partial charge in [0.25, 0.3) is 0 Å². The SMILES string of the molecule is CN(Cc1ccccc1Br)C(=O)C1COCCN1.Cl. The van der Waals surface area contributed by atoms with Gasteiger partial charge in [0.05, 0.1) is 13.2 Å². The van der Waals surface area contributed by atoms with Gasteiger partial charge < -0.3 is 15.0 Å². The molecule has 6 heteroatoms. The van der Waals surface area contributed by atoms with Gasteiger partial charge in [-0.1, -0.05) is 34.1 Å². The van der Waals surface area contributed by atoms with Crippen molar-refractivity contribution in [2.75, 3.05) is 26.8 Å². The number of morpholine rings is 1. The van der Waals surface area contributed by atoms with E-state index in [1.165, 1.54) is 0 Å². The molecule has 1 aromatic carbocycles. The standard InChI is InChI=1S/C13H17BrN2O2.ClH/c1-16(8-10-4-2-3-5-11(10)14)13(17)12-9-18-7-6-15-12;/h2-5,12,15H,6-9H2,1H3;1H. The summed E-state index contributed by atoms with van der Waals surface area (Å²) in [5.41, 5.74) is 1.10. The molecule has 0 aliphatic carbocycles. The van der Waals surface area contributed by atoms with Crippen LogP contribution >= 0.6 is 28.3 Å². The topological polar surface area (TPSA) is 41.6 Å². The smallest absolute Gasteiger partial charge is 0.242 e. The zero-order chi connectivity index (χ0) is 13.0. The maximum Gasteiger partial charge on any atom is 0.242 e. The summed E-state index contributed by atoms with van der Waals surface area (Å²) in [7, 11) is 1.82. The number of carbonyl (C=O) groups is 1. The van der Waals surface area contributed by atoms with E-state index in [1.54, 1.807) is 4.90 Å². The molecule has 106 valence electrons. The first-order valence-electron chi connectivity index (χ1n) is 5.98. The molecule has 1 atom stereocenters. The Kier molecular flexibility index (Phi) is 6.79. The van der Waals surface area contributed by atoms with Gasteiger partial charge in [0.2, 0.25) is 5.91 Å². The minimum atomic E-state index is -0.216. The molecular weight excluding hydrogens is 332 g/mol. The van der Waals surface area contributed by atoms with E-state index in [4.69, 9.17) is 4.74 Å². The molecule has 1 aliphatic rings. The van der Waals surface area contributed by atoms with E-state index in [-0.39, 0.29) is 24.4 Å². The Hall–Kier alpha value is -0.620. The molecule has 0 radical (unpaired) electrons. The van der Waals surface area contributed by atoms with Crippen LogP contribution in [-0.2, 0) is 16.1 Å². The van der Waals surface area contributed by atoms with E-state index >= 15 is 0 Å². The van der Waals surface area contributed by atoms with Crippen LogP contribution in [-0.4, -0.2) is 43.7 Å². The summed E-state index contributed by atoms with van der Waals surface area (Å²) in [5, 5.41) is 3.17. The van der Waals surface area contributed by atoms with E-state index < -0.39 is 0 Å². The minimum Gasteiger partial charge on any atom is -0.378 e. The largest absolute Gasteiger partial charge is 0.378 e. The maximum atomic E-state index is 12.2. The lowest BCUT2D eigenvalue weighted by Crippen LogP contribution is -2.51. The van der Waals surface area contributed by atoms with E-state index in [9.17, 15) is 4.79 Å². The second-order valence-electron chi connectivity index (χ2n) is 4.37. The fourth-order valence-electron chi connectivity index (χ4n) is 1.95. The Bertz CT molecular complexity index is 425. The third kappa shape index (κ3) is 4.45. The van der Waals surface area contributed by atoms with Gasteiger partial charge in [-0.2, -0.15) is 0 Å². The molecule has 0 bridgehead atoms. The van der Waals surface area contributed by atoms with Crippen LogP contribution in [0.25, 0.3) is 0 Å². The highest BCUT2D eigenvalue weighted by atomic mass is 79.9. The number of rotatable bonds is 3. The zero-order valence-electron chi connectivity index (χ0n) is 10.8. The van der Waals surface area contributed by atoms with Crippen molar-refractivity contribution in [1.82, 2.24) is 10.2 Å². The third-order valence-corrected chi connectivity index (χ3v) is 3.73. The first-order valence-corrected chi connectivity index (χ1v) is 6.77. The van der Waals surface area contributed by atoms with Crippen molar-refractivity contribution in [1.29, 1.82) is 0 Å². The Morgan fingerprint density at radius 3 is 2.89 bits per heavy atom. The van der Waals surface area contributed by atoms with Crippen LogP contribution in [0.4, 0.5) is 0 Å². The zero-order valence-corrected chi connectivity index (χ0v) is 13.2. The molecule has 1 unspecified atom stereocenters. The van der Waals surface area contributed by atoms with Gasteiger partial charge in [-0.05, 0) is 11.6 Å². The molecule has 19 heavy (non-hydrogen) atoms. The number of hydrogen-bond donors (Lipinski definition) is 1. The van der Waals surface area contributed by atoms with Gasteiger partial charge in [-0.25, -0.2) is 0 Å². The molecule has 1 heterocycles. The van der Waals surface area contributed by atoms with Crippen molar-refractivity contribution >= 4 is 34.2 Å². The highest BCUT2D eigenvalue weighted by molar-refractivity contribution is 9.10. The normalized spacial score (nSPS) is 18.5. The summed E-state index contributed by atoms with van der Waals surface area (Å²) >= 11 is 3.49. The lowest BCUT2D eigenvalue weighted by Gasteiger charge is -2.27. The average Bonchev–Trinajstić information content (AvgIpc) is 2.41. The van der Waals surface area contributed by atoms with Crippen LogP contribution in [0.3, 0.4) is 0 Å². The molecular formula is C13H18BrClN2O2. The summed E-state index contributed by atoms with van der Waals surface area (Å²) in [5.74, 6) is 0.0745. The minimum absolute atomic E-state index is 0. The van der Waals surface area contributed by atoms with Crippen LogP contribution in [0.1, 0.15) is 5.56 Å². The van der Waals surface area contributed by atoms with Crippen molar-refractivity contribution in [2.24, 2.45) is 0 Å². The summed E-state index contributed by atoms with van der Waals surface area (Å²) in [6.07, 6.45) is 0. The maximum absolute atomic E-state index is 12.2. The number of likely N-dealkylation sites (N-methyl/N-ethyl adjacent to an activating group) is 1.